The zero-order chi connectivity index (χ0) is 12.4. The number of nitrogens with one attached hydrogen (secondary N) is 2. The average molecular weight is 244 g/mol. The van der Waals surface area contributed by atoms with Crippen LogP contribution in [0.4, 0.5) is 0 Å². The fourth-order valence-electron chi connectivity index (χ4n) is 2.29. The van der Waals surface area contributed by atoms with Crippen molar-refractivity contribution < 1.29 is 5.11 Å². The zero-order valence-corrected chi connectivity index (χ0v) is 10.1. The maximum atomic E-state index is 9.26. The summed E-state index contributed by atoms with van der Waals surface area (Å²) in [5, 5.41) is 19.9. The van der Waals surface area contributed by atoms with Crippen LogP contribution in [-0.4, -0.2) is 33.4 Å². The summed E-state index contributed by atoms with van der Waals surface area (Å²) in [6.07, 6.45) is 2.20. The lowest BCUT2D eigenvalue weighted by molar-refractivity contribution is 0.446. The maximum absolute atomic E-state index is 9.26. The average Bonchev–Trinajstić information content (AvgIpc) is 2.90. The van der Waals surface area contributed by atoms with E-state index in [-0.39, 0.29) is 5.75 Å². The molecule has 1 aliphatic heterocycles. The number of phenols is 1. The Morgan fingerprint density at radius 1 is 1.11 bits per heavy atom. The van der Waals surface area contributed by atoms with Crippen LogP contribution in [-0.2, 0) is 0 Å². The number of rotatable bonds is 2. The van der Waals surface area contributed by atoms with E-state index in [0.29, 0.717) is 11.7 Å². The molecular weight excluding hydrogens is 228 g/mol. The van der Waals surface area contributed by atoms with Gasteiger partial charge in [0, 0.05) is 11.5 Å². The largest absolute Gasteiger partial charge is 0.508 e. The van der Waals surface area contributed by atoms with E-state index in [1.807, 2.05) is 12.1 Å². The third-order valence-electron chi connectivity index (χ3n) is 3.35. The van der Waals surface area contributed by atoms with E-state index in [0.717, 1.165) is 37.3 Å². The van der Waals surface area contributed by atoms with E-state index < -0.39 is 0 Å². The van der Waals surface area contributed by atoms with Gasteiger partial charge in [-0.2, -0.15) is 5.10 Å². The van der Waals surface area contributed by atoms with E-state index in [4.69, 9.17) is 0 Å². The molecule has 1 aromatic carbocycles. The van der Waals surface area contributed by atoms with Gasteiger partial charge in [0.05, 0.1) is 0 Å². The highest BCUT2D eigenvalue weighted by Crippen LogP contribution is 2.24. The second-order valence-electron chi connectivity index (χ2n) is 4.62. The number of hydrogen-bond donors (Lipinski definition) is 3. The first-order valence-electron chi connectivity index (χ1n) is 6.25. The van der Waals surface area contributed by atoms with E-state index in [9.17, 15) is 5.11 Å². The summed E-state index contributed by atoms with van der Waals surface area (Å²) in [6, 6.07) is 6.95. The van der Waals surface area contributed by atoms with Crippen LogP contribution >= 0.6 is 0 Å². The predicted octanol–water partition coefficient (Wildman–Crippen LogP) is 1.64. The number of piperidine rings is 1. The van der Waals surface area contributed by atoms with Crippen LogP contribution in [0.3, 0.4) is 0 Å². The second-order valence-corrected chi connectivity index (χ2v) is 4.62. The number of aromatic nitrogens is 3. The summed E-state index contributed by atoms with van der Waals surface area (Å²) in [5.41, 5.74) is 0.921. The molecule has 3 rings (SSSR count). The number of phenolic OH excluding ortho intramolecular Hbond substituents is 1. The summed E-state index contributed by atoms with van der Waals surface area (Å²) in [5.74, 6) is 2.40. The van der Waals surface area contributed by atoms with Crippen molar-refractivity contribution in [2.75, 3.05) is 13.1 Å². The van der Waals surface area contributed by atoms with Gasteiger partial charge in [-0.1, -0.05) is 0 Å². The van der Waals surface area contributed by atoms with Crippen LogP contribution in [0.5, 0.6) is 5.75 Å². The van der Waals surface area contributed by atoms with Crippen LogP contribution in [0.15, 0.2) is 24.3 Å². The Morgan fingerprint density at radius 2 is 1.83 bits per heavy atom. The molecule has 5 nitrogen and oxygen atoms in total. The molecule has 2 heterocycles. The highest BCUT2D eigenvalue weighted by atomic mass is 16.3. The zero-order valence-electron chi connectivity index (χ0n) is 10.1. The van der Waals surface area contributed by atoms with Gasteiger partial charge < -0.3 is 10.4 Å². The number of H-pyrrole nitrogens is 1. The molecule has 1 fully saturated rings. The first-order chi connectivity index (χ1) is 8.83. The van der Waals surface area contributed by atoms with Crippen molar-refractivity contribution in [2.45, 2.75) is 18.8 Å². The summed E-state index contributed by atoms with van der Waals surface area (Å²) >= 11 is 0. The fraction of sp³-hybridized carbons (Fsp3) is 0.385. The normalized spacial score (nSPS) is 16.9. The second kappa shape index (κ2) is 4.78. The smallest absolute Gasteiger partial charge is 0.181 e. The number of nitrogens with zero attached hydrogens (tertiary/aromatic N) is 2. The molecule has 0 radical (unpaired) electrons. The molecule has 1 aliphatic rings. The third-order valence-corrected chi connectivity index (χ3v) is 3.35. The van der Waals surface area contributed by atoms with Gasteiger partial charge in [0.25, 0.3) is 0 Å². The summed E-state index contributed by atoms with van der Waals surface area (Å²) in [7, 11) is 0. The van der Waals surface area contributed by atoms with E-state index in [1.54, 1.807) is 12.1 Å². The fourth-order valence-corrected chi connectivity index (χ4v) is 2.29. The monoisotopic (exact) mass is 244 g/mol. The van der Waals surface area contributed by atoms with Gasteiger partial charge in [0.1, 0.15) is 11.6 Å². The summed E-state index contributed by atoms with van der Waals surface area (Å²) in [4.78, 5) is 4.56. The minimum absolute atomic E-state index is 0.257. The molecule has 0 atom stereocenters. The third kappa shape index (κ3) is 2.22. The van der Waals surface area contributed by atoms with Crippen molar-refractivity contribution in [3.8, 4) is 17.1 Å². The number of aromatic amines is 1. The van der Waals surface area contributed by atoms with Gasteiger partial charge in [0.2, 0.25) is 0 Å². The quantitative estimate of drug-likeness (QED) is 0.751. The van der Waals surface area contributed by atoms with Crippen molar-refractivity contribution in [1.29, 1.82) is 0 Å². The molecule has 18 heavy (non-hydrogen) atoms. The van der Waals surface area contributed by atoms with Crippen LogP contribution < -0.4 is 5.32 Å². The molecule has 94 valence electrons. The van der Waals surface area contributed by atoms with Crippen LogP contribution in [0.25, 0.3) is 11.4 Å². The van der Waals surface area contributed by atoms with Crippen molar-refractivity contribution >= 4 is 0 Å². The highest BCUT2D eigenvalue weighted by molar-refractivity contribution is 5.55. The molecule has 2 aromatic rings. The molecule has 0 spiro atoms. The Bertz CT molecular complexity index is 514. The molecule has 0 amide bonds. The minimum Gasteiger partial charge on any atom is -0.508 e. The Hall–Kier alpha value is -1.88. The molecule has 0 unspecified atom stereocenters. The predicted molar refractivity (Wildman–Crippen MR) is 68.3 cm³/mol. The SMILES string of the molecule is Oc1ccc(-c2n[nH]c(C3CCNCC3)n2)cc1. The lowest BCUT2D eigenvalue weighted by atomic mass is 9.98. The van der Waals surface area contributed by atoms with Gasteiger partial charge >= 0.3 is 0 Å². The first-order valence-corrected chi connectivity index (χ1v) is 6.25. The Morgan fingerprint density at radius 3 is 2.56 bits per heavy atom. The van der Waals surface area contributed by atoms with E-state index >= 15 is 0 Å². The topological polar surface area (TPSA) is 73.8 Å². The lowest BCUT2D eigenvalue weighted by Crippen LogP contribution is -2.27. The number of aromatic hydroxyl groups is 1. The number of hydrogen-bond acceptors (Lipinski definition) is 4. The van der Waals surface area contributed by atoms with Crippen molar-refractivity contribution in [1.82, 2.24) is 20.5 Å². The standard InChI is InChI=1S/C13H16N4O/c18-11-3-1-9(2-4-11)12-15-13(17-16-12)10-5-7-14-8-6-10/h1-4,10,14,18H,5-8H2,(H,15,16,17). The van der Waals surface area contributed by atoms with Crippen LogP contribution in [0, 0.1) is 0 Å². The van der Waals surface area contributed by atoms with Gasteiger partial charge in [0.15, 0.2) is 5.82 Å². The van der Waals surface area contributed by atoms with Crippen molar-refractivity contribution in [3.63, 3.8) is 0 Å². The number of benzene rings is 1. The van der Waals surface area contributed by atoms with Gasteiger partial charge in [-0.05, 0) is 50.2 Å². The van der Waals surface area contributed by atoms with Crippen LogP contribution in [0.1, 0.15) is 24.6 Å². The maximum Gasteiger partial charge on any atom is 0.181 e. The van der Waals surface area contributed by atoms with E-state index in [2.05, 4.69) is 20.5 Å². The molecule has 1 saturated heterocycles. The molecule has 3 N–H and O–H groups in total. The molecule has 0 aliphatic carbocycles. The Kier molecular flexibility index (Phi) is 2.98. The lowest BCUT2D eigenvalue weighted by Gasteiger charge is -2.19. The summed E-state index contributed by atoms with van der Waals surface area (Å²) in [6.45, 7) is 2.08. The van der Waals surface area contributed by atoms with Gasteiger partial charge in [-0.3, -0.25) is 5.10 Å². The van der Waals surface area contributed by atoms with Crippen LogP contribution in [0.2, 0.25) is 0 Å². The molecule has 0 saturated carbocycles. The first kappa shape index (κ1) is 11.2. The molecule has 1 aromatic heterocycles. The Balaban J connectivity index is 1.82. The molecule has 0 bridgehead atoms. The van der Waals surface area contributed by atoms with Gasteiger partial charge in [-0.15, -0.1) is 0 Å². The highest BCUT2D eigenvalue weighted by Gasteiger charge is 2.19. The minimum atomic E-state index is 0.257. The van der Waals surface area contributed by atoms with Gasteiger partial charge in [-0.25, -0.2) is 4.98 Å². The summed E-state index contributed by atoms with van der Waals surface area (Å²) < 4.78 is 0. The molecular formula is C13H16N4O. The Labute approximate surface area is 105 Å². The molecule has 5 heteroatoms. The van der Waals surface area contributed by atoms with E-state index in [1.165, 1.54) is 0 Å². The van der Waals surface area contributed by atoms with Crippen molar-refractivity contribution in [2.24, 2.45) is 0 Å². The van der Waals surface area contributed by atoms with Crippen molar-refractivity contribution in [3.05, 3.63) is 30.1 Å².